The SMILES string of the molecule is CCC(Sc1nc2ncccc2[nH]1)C(=O)Nc1cc(C)ccc1C. The smallest absolute Gasteiger partial charge is 0.237 e. The quantitative estimate of drug-likeness (QED) is 0.687. The Hall–Kier alpha value is -2.34. The molecule has 0 spiro atoms. The molecule has 0 fully saturated rings. The molecule has 1 unspecified atom stereocenters. The number of hydrogen-bond acceptors (Lipinski definition) is 4. The Morgan fingerprint density at radius 2 is 2.17 bits per heavy atom. The first-order valence-corrected chi connectivity index (χ1v) is 8.80. The van der Waals surface area contributed by atoms with Crippen LogP contribution in [0, 0.1) is 13.8 Å². The number of benzene rings is 1. The second-order valence-corrected chi connectivity index (χ2v) is 6.93. The molecule has 1 amide bonds. The van der Waals surface area contributed by atoms with Crippen molar-refractivity contribution in [2.45, 2.75) is 37.6 Å². The van der Waals surface area contributed by atoms with Crippen LogP contribution in [0.2, 0.25) is 0 Å². The zero-order valence-corrected chi connectivity index (χ0v) is 14.8. The number of nitrogens with zero attached hydrogens (tertiary/aromatic N) is 2. The lowest BCUT2D eigenvalue weighted by Gasteiger charge is -2.15. The Morgan fingerprint density at radius 3 is 2.92 bits per heavy atom. The van der Waals surface area contributed by atoms with Crippen LogP contribution < -0.4 is 5.32 Å². The maximum absolute atomic E-state index is 12.6. The summed E-state index contributed by atoms with van der Waals surface area (Å²) >= 11 is 1.43. The molecule has 0 aliphatic rings. The van der Waals surface area contributed by atoms with Crippen LogP contribution in [0.4, 0.5) is 5.69 Å². The minimum Gasteiger partial charge on any atom is -0.332 e. The molecule has 0 radical (unpaired) electrons. The summed E-state index contributed by atoms with van der Waals surface area (Å²) in [5, 5.41) is 3.54. The highest BCUT2D eigenvalue weighted by Gasteiger charge is 2.20. The van der Waals surface area contributed by atoms with Gasteiger partial charge in [-0.2, -0.15) is 0 Å². The van der Waals surface area contributed by atoms with E-state index < -0.39 is 0 Å². The first-order valence-electron chi connectivity index (χ1n) is 7.92. The van der Waals surface area contributed by atoms with Crippen molar-refractivity contribution in [1.82, 2.24) is 15.0 Å². The zero-order chi connectivity index (χ0) is 17.1. The molecule has 0 bridgehead atoms. The number of H-pyrrole nitrogens is 1. The fourth-order valence-electron chi connectivity index (χ4n) is 2.42. The van der Waals surface area contributed by atoms with Crippen molar-refractivity contribution in [3.05, 3.63) is 47.7 Å². The Balaban J connectivity index is 1.75. The van der Waals surface area contributed by atoms with Gasteiger partial charge in [0.2, 0.25) is 5.91 Å². The molecule has 0 aliphatic carbocycles. The maximum Gasteiger partial charge on any atom is 0.237 e. The molecule has 0 saturated heterocycles. The number of fused-ring (bicyclic) bond motifs is 1. The van der Waals surface area contributed by atoms with E-state index in [9.17, 15) is 4.79 Å². The summed E-state index contributed by atoms with van der Waals surface area (Å²) in [6.07, 6.45) is 2.42. The number of aromatic nitrogens is 3. The third kappa shape index (κ3) is 3.59. The molecular weight excluding hydrogens is 320 g/mol. The van der Waals surface area contributed by atoms with Crippen molar-refractivity contribution in [2.24, 2.45) is 0 Å². The van der Waals surface area contributed by atoms with Crippen molar-refractivity contribution in [3.63, 3.8) is 0 Å². The van der Waals surface area contributed by atoms with E-state index in [1.54, 1.807) is 6.20 Å². The van der Waals surface area contributed by atoms with Crippen molar-refractivity contribution in [3.8, 4) is 0 Å². The zero-order valence-electron chi connectivity index (χ0n) is 14.0. The number of nitrogens with one attached hydrogen (secondary N) is 2. The molecule has 3 rings (SSSR count). The lowest BCUT2D eigenvalue weighted by molar-refractivity contribution is -0.115. The molecule has 1 aromatic carbocycles. The van der Waals surface area contributed by atoms with Crippen LogP contribution in [0.1, 0.15) is 24.5 Å². The monoisotopic (exact) mass is 340 g/mol. The number of thioether (sulfide) groups is 1. The van der Waals surface area contributed by atoms with Gasteiger partial charge in [0.1, 0.15) is 0 Å². The highest BCUT2D eigenvalue weighted by atomic mass is 32.2. The predicted octanol–water partition coefficient (Wildman–Crippen LogP) is 4.08. The largest absolute Gasteiger partial charge is 0.332 e. The molecular formula is C18H20N4OS. The average molecular weight is 340 g/mol. The first-order chi connectivity index (χ1) is 11.6. The van der Waals surface area contributed by atoms with E-state index in [2.05, 4.69) is 20.3 Å². The lowest BCUT2D eigenvalue weighted by atomic mass is 10.1. The van der Waals surface area contributed by atoms with Gasteiger partial charge in [0, 0.05) is 11.9 Å². The summed E-state index contributed by atoms with van der Waals surface area (Å²) in [5.74, 6) is -0.00962. The fraction of sp³-hybridized carbons (Fsp3) is 0.278. The topological polar surface area (TPSA) is 70.7 Å². The van der Waals surface area contributed by atoms with Gasteiger partial charge in [0.25, 0.3) is 0 Å². The number of amides is 1. The van der Waals surface area contributed by atoms with Gasteiger partial charge in [-0.25, -0.2) is 9.97 Å². The van der Waals surface area contributed by atoms with Crippen LogP contribution in [-0.4, -0.2) is 26.1 Å². The van der Waals surface area contributed by atoms with Gasteiger partial charge in [-0.05, 0) is 49.6 Å². The number of pyridine rings is 1. The highest BCUT2D eigenvalue weighted by Crippen LogP contribution is 2.26. The molecule has 2 aromatic heterocycles. The molecule has 5 nitrogen and oxygen atoms in total. The van der Waals surface area contributed by atoms with Crippen LogP contribution in [0.3, 0.4) is 0 Å². The third-order valence-electron chi connectivity index (χ3n) is 3.80. The number of carbonyl (C=O) groups excluding carboxylic acids is 1. The molecule has 6 heteroatoms. The molecule has 3 aromatic rings. The summed E-state index contributed by atoms with van der Waals surface area (Å²) in [7, 11) is 0. The van der Waals surface area contributed by atoms with Crippen LogP contribution in [0.15, 0.2) is 41.7 Å². The van der Waals surface area contributed by atoms with Gasteiger partial charge in [-0.15, -0.1) is 0 Å². The van der Waals surface area contributed by atoms with Crippen LogP contribution in [0.5, 0.6) is 0 Å². The van der Waals surface area contributed by atoms with E-state index in [0.717, 1.165) is 22.3 Å². The van der Waals surface area contributed by atoms with Gasteiger partial charge in [0.05, 0.1) is 10.8 Å². The third-order valence-corrected chi connectivity index (χ3v) is 5.05. The molecule has 2 N–H and O–H groups in total. The fourth-order valence-corrected chi connectivity index (χ4v) is 3.33. The number of imidazole rings is 1. The summed E-state index contributed by atoms with van der Waals surface area (Å²) in [6.45, 7) is 6.01. The van der Waals surface area contributed by atoms with Crippen LogP contribution >= 0.6 is 11.8 Å². The number of hydrogen-bond donors (Lipinski definition) is 2. The summed E-state index contributed by atoms with van der Waals surface area (Å²) in [4.78, 5) is 24.5. The molecule has 0 aliphatic heterocycles. The van der Waals surface area contributed by atoms with E-state index in [4.69, 9.17) is 0 Å². The molecule has 24 heavy (non-hydrogen) atoms. The molecule has 124 valence electrons. The maximum atomic E-state index is 12.6. The highest BCUT2D eigenvalue weighted by molar-refractivity contribution is 8.00. The van der Waals surface area contributed by atoms with Gasteiger partial charge in [-0.1, -0.05) is 30.8 Å². The van der Waals surface area contributed by atoms with Gasteiger partial charge in [0.15, 0.2) is 10.8 Å². The number of aryl methyl sites for hydroxylation is 2. The van der Waals surface area contributed by atoms with Crippen molar-refractivity contribution in [1.29, 1.82) is 0 Å². The Morgan fingerprint density at radius 1 is 1.33 bits per heavy atom. The number of anilines is 1. The predicted molar refractivity (Wildman–Crippen MR) is 98.4 cm³/mol. The van der Waals surface area contributed by atoms with E-state index >= 15 is 0 Å². The van der Waals surface area contributed by atoms with E-state index in [1.807, 2.05) is 51.1 Å². The second kappa shape index (κ2) is 7.05. The van der Waals surface area contributed by atoms with Crippen LogP contribution in [-0.2, 0) is 4.79 Å². The summed E-state index contributed by atoms with van der Waals surface area (Å²) in [6, 6.07) is 9.84. The van der Waals surface area contributed by atoms with Gasteiger partial charge >= 0.3 is 0 Å². The first kappa shape index (κ1) is 16.5. The number of aromatic amines is 1. The Labute approximate surface area is 145 Å². The summed E-state index contributed by atoms with van der Waals surface area (Å²) < 4.78 is 0. The average Bonchev–Trinajstić information content (AvgIpc) is 2.98. The minimum absolute atomic E-state index is 0.00962. The lowest BCUT2D eigenvalue weighted by Crippen LogP contribution is -2.25. The Kier molecular flexibility index (Phi) is 4.85. The molecule has 2 heterocycles. The summed E-state index contributed by atoms with van der Waals surface area (Å²) in [5.41, 5.74) is 4.60. The Bertz CT molecular complexity index is 841. The standard InChI is InChI=1S/C18H20N4OS/c1-4-15(17(23)20-14-10-11(2)7-8-12(14)3)24-18-21-13-6-5-9-19-16(13)22-18/h5-10,15H,4H2,1-3H3,(H,20,23)(H,19,21,22). The minimum atomic E-state index is -0.217. The molecule has 0 saturated carbocycles. The normalized spacial score (nSPS) is 12.3. The van der Waals surface area contributed by atoms with E-state index in [1.165, 1.54) is 11.8 Å². The number of rotatable bonds is 5. The van der Waals surface area contributed by atoms with E-state index in [-0.39, 0.29) is 11.2 Å². The second-order valence-electron chi connectivity index (χ2n) is 5.74. The van der Waals surface area contributed by atoms with Crippen LogP contribution in [0.25, 0.3) is 11.2 Å². The number of carbonyl (C=O) groups is 1. The van der Waals surface area contributed by atoms with Crippen molar-refractivity contribution >= 4 is 34.5 Å². The van der Waals surface area contributed by atoms with Gasteiger partial charge < -0.3 is 10.3 Å². The van der Waals surface area contributed by atoms with E-state index in [0.29, 0.717) is 17.2 Å². The molecule has 1 atom stereocenters. The van der Waals surface area contributed by atoms with Gasteiger partial charge in [-0.3, -0.25) is 4.79 Å². The van der Waals surface area contributed by atoms with Crippen molar-refractivity contribution < 1.29 is 4.79 Å². The van der Waals surface area contributed by atoms with Crippen molar-refractivity contribution in [2.75, 3.05) is 5.32 Å².